The number of aliphatic hydroxyl groups is 2. The summed E-state index contributed by atoms with van der Waals surface area (Å²) in [6, 6.07) is 19.4. The van der Waals surface area contributed by atoms with E-state index in [0.717, 1.165) is 27.2 Å². The molecular formula is C35H37BINO8. The molecule has 0 bridgehead atoms. The molecule has 4 atom stereocenters. The first kappa shape index (κ1) is 33.9. The Bertz CT molecular complexity index is 1670. The van der Waals surface area contributed by atoms with Gasteiger partial charge in [-0.1, -0.05) is 61.0 Å². The second-order valence-electron chi connectivity index (χ2n) is 11.7. The van der Waals surface area contributed by atoms with Gasteiger partial charge in [-0.3, -0.25) is 14.5 Å². The number of imide groups is 1. The minimum Gasteiger partial charge on any atom is -0.504 e. The molecule has 0 spiro atoms. The molecule has 1 aliphatic carbocycles. The number of phenolic OH excluding ortho intramolecular Hbond substituents is 1. The normalized spacial score (nSPS) is 20.6. The Balaban J connectivity index is 1.44. The fourth-order valence-electron chi connectivity index (χ4n) is 6.81. The number of aromatic hydroxyl groups is 1. The summed E-state index contributed by atoms with van der Waals surface area (Å²) in [6.07, 6.45) is 2.64. The number of carbonyl (C=O) groups excluding carboxylic acids is 2. The Labute approximate surface area is 282 Å². The molecule has 0 aromatic heterocycles. The molecule has 1 aliphatic heterocycles. The van der Waals surface area contributed by atoms with Crippen molar-refractivity contribution in [2.75, 3.05) is 18.6 Å². The number of halogens is 1. The fraction of sp³-hybridized carbons (Fsp3) is 0.314. The second-order valence-corrected chi connectivity index (χ2v) is 12.8. The van der Waals surface area contributed by atoms with Crippen LogP contribution >= 0.6 is 22.6 Å². The molecule has 46 heavy (non-hydrogen) atoms. The summed E-state index contributed by atoms with van der Waals surface area (Å²) < 4.78 is 5.99. The number of hydrogen-bond acceptors (Lipinski definition) is 8. The molecule has 11 heteroatoms. The first-order valence-electron chi connectivity index (χ1n) is 15.3. The lowest BCUT2D eigenvalue weighted by molar-refractivity contribution is -0.123. The van der Waals surface area contributed by atoms with Crippen LogP contribution in [0.4, 0.5) is 5.69 Å². The monoisotopic (exact) mass is 737 g/mol. The number of hydrogen-bond donors (Lipinski definition) is 5. The van der Waals surface area contributed by atoms with E-state index in [1.165, 1.54) is 19.2 Å². The van der Waals surface area contributed by atoms with E-state index in [4.69, 9.17) is 4.74 Å². The maximum absolute atomic E-state index is 13.8. The Morgan fingerprint density at radius 3 is 2.48 bits per heavy atom. The molecule has 3 aromatic rings. The van der Waals surface area contributed by atoms with Crippen molar-refractivity contribution >= 4 is 64.3 Å². The van der Waals surface area contributed by atoms with E-state index in [0.29, 0.717) is 40.6 Å². The highest BCUT2D eigenvalue weighted by Gasteiger charge is 2.55. The molecule has 2 amide bonds. The fourth-order valence-corrected chi connectivity index (χ4v) is 7.44. The lowest BCUT2D eigenvalue weighted by Crippen LogP contribution is -2.39. The van der Waals surface area contributed by atoms with E-state index >= 15 is 0 Å². The number of methoxy groups -OCH3 is 1. The van der Waals surface area contributed by atoms with Gasteiger partial charge in [0.2, 0.25) is 11.8 Å². The number of anilines is 1. The van der Waals surface area contributed by atoms with Gasteiger partial charge in [0.15, 0.2) is 11.5 Å². The Kier molecular flexibility index (Phi) is 10.7. The molecule has 0 unspecified atom stereocenters. The van der Waals surface area contributed by atoms with Crippen LogP contribution in [0.25, 0.3) is 11.6 Å². The SMILES string of the molecule is CCC1=C([C@H](O)CC/C(=C/c2cc(I)c(O)c(OC)c2)c2ccccc2)[C@H](CO)[C@@H]2C(=O)N(c3cccc(B(O)O)c3)C(=O)[C@@H]2C1. The van der Waals surface area contributed by atoms with E-state index in [9.17, 15) is 35.0 Å². The van der Waals surface area contributed by atoms with Crippen LogP contribution in [-0.4, -0.2) is 64.1 Å². The molecule has 0 radical (unpaired) electrons. The summed E-state index contributed by atoms with van der Waals surface area (Å²) in [5.41, 5.74) is 4.59. The van der Waals surface area contributed by atoms with E-state index in [1.54, 1.807) is 18.2 Å². The van der Waals surface area contributed by atoms with Crippen molar-refractivity contribution in [3.63, 3.8) is 0 Å². The number of ether oxygens (including phenoxy) is 1. The summed E-state index contributed by atoms with van der Waals surface area (Å²) in [5.74, 6) is -2.73. The molecule has 5 N–H and O–H groups in total. The van der Waals surface area contributed by atoms with Gasteiger partial charge in [-0.2, -0.15) is 0 Å². The van der Waals surface area contributed by atoms with Crippen LogP contribution in [-0.2, 0) is 9.59 Å². The minimum atomic E-state index is -1.76. The molecular weight excluding hydrogens is 700 g/mol. The van der Waals surface area contributed by atoms with E-state index in [2.05, 4.69) is 22.6 Å². The molecule has 9 nitrogen and oxygen atoms in total. The van der Waals surface area contributed by atoms with E-state index in [-0.39, 0.29) is 16.9 Å². The van der Waals surface area contributed by atoms with Crippen LogP contribution in [0.15, 0.2) is 77.9 Å². The minimum absolute atomic E-state index is 0.0683. The predicted molar refractivity (Wildman–Crippen MR) is 185 cm³/mol. The lowest BCUT2D eigenvalue weighted by atomic mass is 9.67. The van der Waals surface area contributed by atoms with Crippen molar-refractivity contribution in [1.82, 2.24) is 0 Å². The van der Waals surface area contributed by atoms with Gasteiger partial charge in [-0.15, -0.1) is 0 Å². The topological polar surface area (TPSA) is 148 Å². The lowest BCUT2D eigenvalue weighted by Gasteiger charge is -2.36. The molecule has 2 aliphatic rings. The molecule has 3 aromatic carbocycles. The highest BCUT2D eigenvalue weighted by molar-refractivity contribution is 14.1. The summed E-state index contributed by atoms with van der Waals surface area (Å²) in [6.45, 7) is 1.53. The van der Waals surface area contributed by atoms with Crippen LogP contribution in [0, 0.1) is 21.3 Å². The van der Waals surface area contributed by atoms with Gasteiger partial charge >= 0.3 is 7.12 Å². The number of aliphatic hydroxyl groups excluding tert-OH is 2. The summed E-state index contributed by atoms with van der Waals surface area (Å²) in [5, 5.41) is 52.0. The van der Waals surface area contributed by atoms with Gasteiger partial charge in [0.05, 0.1) is 40.9 Å². The summed E-state index contributed by atoms with van der Waals surface area (Å²) in [7, 11) is -0.262. The number of nitrogens with zero attached hydrogens (tertiary/aromatic N) is 1. The van der Waals surface area contributed by atoms with Gasteiger partial charge in [0, 0.05) is 5.92 Å². The van der Waals surface area contributed by atoms with Crippen LogP contribution in [0.2, 0.25) is 0 Å². The Hall–Kier alpha value is -3.49. The van der Waals surface area contributed by atoms with Crippen molar-refractivity contribution < 1.29 is 39.7 Å². The van der Waals surface area contributed by atoms with Gasteiger partial charge in [-0.25, -0.2) is 0 Å². The smallest absolute Gasteiger partial charge is 0.488 e. The van der Waals surface area contributed by atoms with Gasteiger partial charge in [-0.05, 0) is 100 Å². The molecule has 240 valence electrons. The third-order valence-electron chi connectivity index (χ3n) is 9.04. The average Bonchev–Trinajstić information content (AvgIpc) is 3.32. The zero-order valence-corrected chi connectivity index (χ0v) is 27.8. The summed E-state index contributed by atoms with van der Waals surface area (Å²) in [4.78, 5) is 28.6. The maximum Gasteiger partial charge on any atom is 0.488 e. The number of phenols is 1. The highest BCUT2D eigenvalue weighted by Crippen LogP contribution is 2.48. The molecule has 1 saturated heterocycles. The average molecular weight is 737 g/mol. The maximum atomic E-state index is 13.8. The quantitative estimate of drug-likeness (QED) is 0.0656. The van der Waals surface area contributed by atoms with E-state index < -0.39 is 49.4 Å². The number of allylic oxidation sites excluding steroid dienone is 2. The van der Waals surface area contributed by atoms with Crippen molar-refractivity contribution in [2.45, 2.75) is 38.7 Å². The highest BCUT2D eigenvalue weighted by atomic mass is 127. The van der Waals surface area contributed by atoms with Crippen molar-refractivity contribution in [2.24, 2.45) is 17.8 Å². The third-order valence-corrected chi connectivity index (χ3v) is 9.86. The van der Waals surface area contributed by atoms with Crippen LogP contribution in [0.3, 0.4) is 0 Å². The van der Waals surface area contributed by atoms with E-state index in [1.807, 2.05) is 49.4 Å². The number of fused-ring (bicyclic) bond motifs is 1. The zero-order valence-electron chi connectivity index (χ0n) is 25.6. The van der Waals surface area contributed by atoms with Crippen molar-refractivity contribution in [1.29, 1.82) is 0 Å². The number of carbonyl (C=O) groups is 2. The van der Waals surface area contributed by atoms with Crippen LogP contribution in [0.1, 0.15) is 43.7 Å². The molecule has 1 fully saturated rings. The first-order chi connectivity index (χ1) is 22.1. The number of benzene rings is 3. The largest absolute Gasteiger partial charge is 0.504 e. The first-order valence-corrected chi connectivity index (χ1v) is 16.3. The van der Waals surface area contributed by atoms with Crippen molar-refractivity contribution in [3.8, 4) is 11.5 Å². The number of amides is 2. The van der Waals surface area contributed by atoms with Gasteiger partial charge < -0.3 is 30.1 Å². The predicted octanol–water partition coefficient (Wildman–Crippen LogP) is 3.89. The van der Waals surface area contributed by atoms with Crippen LogP contribution in [0.5, 0.6) is 11.5 Å². The molecule has 0 saturated carbocycles. The number of rotatable bonds is 11. The molecule has 5 rings (SSSR count). The van der Waals surface area contributed by atoms with Gasteiger partial charge in [0.25, 0.3) is 0 Å². The standard InChI is InChI=1S/C35H37BINO8/c1-3-21-17-26-32(35(43)38(34(26)42)25-11-7-10-24(18-25)36(44)45)27(19-39)31(21)29(40)13-12-23(22-8-5-4-6-9-22)14-20-15-28(37)33(41)30(16-20)46-2/h4-11,14-16,18,26-27,29,32,39-41,44-45H,3,12-13,17,19H2,1-2H3/b23-14-/t26-,27+,29-,32-/m1/s1. The Morgan fingerprint density at radius 1 is 1.09 bits per heavy atom. The molecule has 1 heterocycles. The summed E-state index contributed by atoms with van der Waals surface area (Å²) >= 11 is 2.05. The zero-order chi connectivity index (χ0) is 33.1. The van der Waals surface area contributed by atoms with Gasteiger partial charge in [0.1, 0.15) is 0 Å². The second kappa shape index (κ2) is 14.5. The Morgan fingerprint density at radius 2 is 1.83 bits per heavy atom. The van der Waals surface area contributed by atoms with Crippen molar-refractivity contribution in [3.05, 3.63) is 92.6 Å². The van der Waals surface area contributed by atoms with Crippen LogP contribution < -0.4 is 15.1 Å². The third kappa shape index (κ3) is 6.65.